The zero-order valence-electron chi connectivity index (χ0n) is 7.97. The van der Waals surface area contributed by atoms with Crippen LogP contribution >= 0.6 is 27.5 Å². The zero-order valence-corrected chi connectivity index (χ0v) is 10.3. The highest BCUT2D eigenvalue weighted by Gasteiger charge is 2.20. The predicted molar refractivity (Wildman–Crippen MR) is 57.1 cm³/mol. The first-order chi connectivity index (χ1) is 7.47. The predicted octanol–water partition coefficient (Wildman–Crippen LogP) is 3.49. The Morgan fingerprint density at radius 3 is 2.62 bits per heavy atom. The molecule has 0 saturated carbocycles. The van der Waals surface area contributed by atoms with E-state index in [1.165, 1.54) is 12.1 Å². The normalized spacial score (nSPS) is 10.4. The van der Waals surface area contributed by atoms with Gasteiger partial charge in [-0.15, -0.1) is 0 Å². The third-order valence-electron chi connectivity index (χ3n) is 1.66. The summed E-state index contributed by atoms with van der Waals surface area (Å²) in [5.74, 6) is -1.02. The fraction of sp³-hybridized carbons (Fsp3) is 0.222. The Morgan fingerprint density at radius 1 is 1.50 bits per heavy atom. The summed E-state index contributed by atoms with van der Waals surface area (Å²) in [5.41, 5.74) is -0.0534. The minimum atomic E-state index is -3.01. The van der Waals surface area contributed by atoms with Gasteiger partial charge in [-0.2, -0.15) is 8.78 Å². The topological polar surface area (TPSA) is 35.5 Å². The molecule has 0 amide bonds. The highest BCUT2D eigenvalue weighted by Crippen LogP contribution is 2.34. The number of ether oxygens (including phenoxy) is 2. The van der Waals surface area contributed by atoms with E-state index in [0.717, 1.165) is 7.11 Å². The van der Waals surface area contributed by atoms with Crippen LogP contribution in [0.3, 0.4) is 0 Å². The lowest BCUT2D eigenvalue weighted by molar-refractivity contribution is -0.0498. The van der Waals surface area contributed by atoms with Gasteiger partial charge >= 0.3 is 12.6 Å². The van der Waals surface area contributed by atoms with E-state index in [4.69, 9.17) is 11.6 Å². The van der Waals surface area contributed by atoms with Crippen LogP contribution in [-0.4, -0.2) is 19.7 Å². The minimum Gasteiger partial charge on any atom is -0.465 e. The van der Waals surface area contributed by atoms with Crippen molar-refractivity contribution < 1.29 is 23.0 Å². The van der Waals surface area contributed by atoms with Crippen LogP contribution in [0.4, 0.5) is 8.78 Å². The molecular formula is C9H6BrClF2O3. The summed E-state index contributed by atoms with van der Waals surface area (Å²) in [7, 11) is 1.16. The summed E-state index contributed by atoms with van der Waals surface area (Å²) in [6.45, 7) is -3.01. The second-order valence-electron chi connectivity index (χ2n) is 2.60. The number of benzene rings is 1. The summed E-state index contributed by atoms with van der Waals surface area (Å²) in [6.07, 6.45) is 0. The van der Waals surface area contributed by atoms with Crippen molar-refractivity contribution in [2.24, 2.45) is 0 Å². The molecule has 0 fully saturated rings. The summed E-state index contributed by atoms with van der Waals surface area (Å²) >= 11 is 8.80. The molecule has 88 valence electrons. The molecule has 1 rings (SSSR count). The molecule has 0 aromatic heterocycles. The number of hydrogen-bond acceptors (Lipinski definition) is 3. The van der Waals surface area contributed by atoms with Crippen molar-refractivity contribution in [3.63, 3.8) is 0 Å². The van der Waals surface area contributed by atoms with E-state index < -0.39 is 12.6 Å². The van der Waals surface area contributed by atoms with E-state index in [9.17, 15) is 13.6 Å². The molecular weight excluding hydrogens is 309 g/mol. The Kier molecular flexibility index (Phi) is 4.49. The Hall–Kier alpha value is -0.880. The molecule has 1 aromatic rings. The quantitative estimate of drug-likeness (QED) is 0.801. The van der Waals surface area contributed by atoms with Crippen LogP contribution in [0.15, 0.2) is 16.6 Å². The number of carbonyl (C=O) groups is 1. The van der Waals surface area contributed by atoms with Gasteiger partial charge in [0.2, 0.25) is 0 Å². The van der Waals surface area contributed by atoms with Gasteiger partial charge in [-0.3, -0.25) is 0 Å². The minimum absolute atomic E-state index is 0.0534. The van der Waals surface area contributed by atoms with Crippen LogP contribution in [0.25, 0.3) is 0 Å². The van der Waals surface area contributed by atoms with Gasteiger partial charge in [0.1, 0.15) is 5.75 Å². The summed E-state index contributed by atoms with van der Waals surface area (Å²) < 4.78 is 33.0. The fourth-order valence-electron chi connectivity index (χ4n) is 1.01. The molecule has 0 heterocycles. The maximum absolute atomic E-state index is 12.0. The van der Waals surface area contributed by atoms with Gasteiger partial charge in [0, 0.05) is 4.47 Å². The molecule has 16 heavy (non-hydrogen) atoms. The molecule has 3 nitrogen and oxygen atoms in total. The zero-order chi connectivity index (χ0) is 12.3. The maximum atomic E-state index is 12.0. The second-order valence-corrected chi connectivity index (χ2v) is 3.84. The lowest BCUT2D eigenvalue weighted by atomic mass is 10.2. The molecule has 0 unspecified atom stereocenters. The summed E-state index contributed by atoms with van der Waals surface area (Å²) in [4.78, 5) is 11.3. The van der Waals surface area contributed by atoms with E-state index in [1.807, 2.05) is 0 Å². The van der Waals surface area contributed by atoms with Crippen molar-refractivity contribution in [1.82, 2.24) is 0 Å². The fourth-order valence-corrected chi connectivity index (χ4v) is 1.90. The van der Waals surface area contributed by atoms with Crippen molar-refractivity contribution in [2.45, 2.75) is 6.61 Å². The van der Waals surface area contributed by atoms with E-state index in [0.29, 0.717) is 4.47 Å². The van der Waals surface area contributed by atoms with Gasteiger partial charge < -0.3 is 9.47 Å². The van der Waals surface area contributed by atoms with Crippen molar-refractivity contribution in [3.8, 4) is 5.75 Å². The largest absolute Gasteiger partial charge is 0.465 e. The average molecular weight is 315 g/mol. The molecule has 0 spiro atoms. The van der Waals surface area contributed by atoms with Crippen molar-refractivity contribution in [1.29, 1.82) is 0 Å². The van der Waals surface area contributed by atoms with Gasteiger partial charge in [-0.05, 0) is 28.1 Å². The van der Waals surface area contributed by atoms with E-state index >= 15 is 0 Å². The van der Waals surface area contributed by atoms with Crippen LogP contribution in [0.2, 0.25) is 5.02 Å². The van der Waals surface area contributed by atoms with Crippen molar-refractivity contribution >= 4 is 33.5 Å². The highest BCUT2D eigenvalue weighted by molar-refractivity contribution is 9.10. The molecule has 0 aliphatic carbocycles. The molecule has 0 bridgehead atoms. The number of alkyl halides is 2. The number of carbonyl (C=O) groups excluding carboxylic acids is 1. The smallest absolute Gasteiger partial charge is 0.387 e. The highest BCUT2D eigenvalue weighted by atomic mass is 79.9. The van der Waals surface area contributed by atoms with Gasteiger partial charge in [-0.25, -0.2) is 4.79 Å². The van der Waals surface area contributed by atoms with Crippen molar-refractivity contribution in [2.75, 3.05) is 7.11 Å². The summed E-state index contributed by atoms with van der Waals surface area (Å²) in [6, 6.07) is 2.60. The number of rotatable bonds is 3. The van der Waals surface area contributed by atoms with Gasteiger partial charge in [0.05, 0.1) is 17.7 Å². The molecule has 7 heteroatoms. The Labute approximate surface area is 103 Å². The monoisotopic (exact) mass is 314 g/mol. The Balaban J connectivity index is 3.21. The van der Waals surface area contributed by atoms with E-state index in [1.54, 1.807) is 0 Å². The number of halogens is 4. The molecule has 0 atom stereocenters. The first-order valence-electron chi connectivity index (χ1n) is 3.98. The molecule has 0 N–H and O–H groups in total. The molecule has 0 aliphatic heterocycles. The van der Waals surface area contributed by atoms with Crippen LogP contribution in [0.1, 0.15) is 10.4 Å². The number of hydrogen-bond donors (Lipinski definition) is 0. The number of methoxy groups -OCH3 is 1. The van der Waals surface area contributed by atoms with Crippen LogP contribution in [0.5, 0.6) is 5.75 Å². The lowest BCUT2D eigenvalue weighted by Crippen LogP contribution is -2.07. The summed E-state index contributed by atoms with van der Waals surface area (Å²) in [5, 5.41) is -0.221. The molecule has 0 aliphatic rings. The maximum Gasteiger partial charge on any atom is 0.387 e. The van der Waals surface area contributed by atoms with Crippen LogP contribution in [0, 0.1) is 0 Å². The number of esters is 1. The standard InChI is InChI=1S/C9H6BrClF2O3/c1-15-8(14)6-4(10)2-3-5(7(6)11)16-9(12)13/h2-3,9H,1H3. The van der Waals surface area contributed by atoms with Crippen molar-refractivity contribution in [3.05, 3.63) is 27.2 Å². The van der Waals surface area contributed by atoms with Crippen LogP contribution in [-0.2, 0) is 4.74 Å². The third kappa shape index (κ3) is 2.82. The van der Waals surface area contributed by atoms with Gasteiger partial charge in [0.15, 0.2) is 0 Å². The second kappa shape index (κ2) is 5.45. The van der Waals surface area contributed by atoms with Gasteiger partial charge in [0.25, 0.3) is 0 Å². The van der Waals surface area contributed by atoms with E-state index in [2.05, 4.69) is 25.4 Å². The third-order valence-corrected chi connectivity index (χ3v) is 2.70. The first kappa shape index (κ1) is 13.2. The Bertz CT molecular complexity index is 412. The van der Waals surface area contributed by atoms with Crippen LogP contribution < -0.4 is 4.74 Å². The molecule has 0 radical (unpaired) electrons. The Morgan fingerprint density at radius 2 is 2.12 bits per heavy atom. The molecule has 0 saturated heterocycles. The van der Waals surface area contributed by atoms with Gasteiger partial charge in [-0.1, -0.05) is 11.6 Å². The first-order valence-corrected chi connectivity index (χ1v) is 5.15. The SMILES string of the molecule is COC(=O)c1c(Br)ccc(OC(F)F)c1Cl. The lowest BCUT2D eigenvalue weighted by Gasteiger charge is -2.10. The molecule has 1 aromatic carbocycles. The average Bonchev–Trinajstić information content (AvgIpc) is 2.21. The van der Waals surface area contributed by atoms with E-state index in [-0.39, 0.29) is 16.3 Å².